The maximum absolute atomic E-state index is 11.2. The van der Waals surface area contributed by atoms with Crippen molar-refractivity contribution in [3.63, 3.8) is 0 Å². The Kier molecular flexibility index (Phi) is 11.0. The molecule has 0 amide bonds. The van der Waals surface area contributed by atoms with Crippen molar-refractivity contribution >= 4 is 5.78 Å². The fraction of sp³-hybridized carbons (Fsp3) is 0.257. The summed E-state index contributed by atoms with van der Waals surface area (Å²) >= 11 is 0. The molecule has 5 rings (SSSR count). The van der Waals surface area contributed by atoms with Gasteiger partial charge in [-0.1, -0.05) is 87.4 Å². The molecule has 1 aliphatic heterocycles. The third kappa shape index (κ3) is 8.00. The van der Waals surface area contributed by atoms with Crippen LogP contribution in [0, 0.1) is 24.8 Å². The van der Waals surface area contributed by atoms with Crippen molar-refractivity contribution in [1.82, 2.24) is 4.98 Å². The van der Waals surface area contributed by atoms with Gasteiger partial charge in [-0.05, 0) is 47.2 Å². The minimum Gasteiger partial charge on any atom is -0.512 e. The molecule has 0 aliphatic carbocycles. The molecule has 5 heteroatoms. The number of hydrogen-bond acceptors (Lipinski definition) is 4. The summed E-state index contributed by atoms with van der Waals surface area (Å²) in [5, 5.41) is 9.34. The van der Waals surface area contributed by atoms with Crippen molar-refractivity contribution in [2.24, 2.45) is 11.8 Å². The van der Waals surface area contributed by atoms with E-state index >= 15 is 0 Å². The molecule has 0 bridgehead atoms. The maximum Gasteiger partial charge on any atom is 0.159 e. The molecule has 4 nitrogen and oxygen atoms in total. The first-order chi connectivity index (χ1) is 18.7. The van der Waals surface area contributed by atoms with Crippen LogP contribution in [0.4, 0.5) is 0 Å². The van der Waals surface area contributed by atoms with Gasteiger partial charge in [-0.2, -0.15) is 0 Å². The van der Waals surface area contributed by atoms with Gasteiger partial charge < -0.3 is 14.8 Å². The predicted octanol–water partition coefficient (Wildman–Crippen LogP) is 9.38. The number of fused-ring (bicyclic) bond motifs is 5. The van der Waals surface area contributed by atoms with E-state index in [1.807, 2.05) is 70.3 Å². The molecule has 40 heavy (non-hydrogen) atoms. The number of aromatic nitrogens is 1. The van der Waals surface area contributed by atoms with Crippen LogP contribution in [0.25, 0.3) is 33.5 Å². The molecule has 0 atom stereocenters. The molecule has 0 fully saturated rings. The summed E-state index contributed by atoms with van der Waals surface area (Å²) < 4.78 is 6.17. The maximum atomic E-state index is 11.2. The number of ether oxygens (including phenoxy) is 1. The molecule has 3 aromatic carbocycles. The average Bonchev–Trinajstić information content (AvgIpc) is 3.02. The van der Waals surface area contributed by atoms with E-state index in [0.29, 0.717) is 24.7 Å². The number of aliphatic hydroxyl groups is 1. The fourth-order valence-electron chi connectivity index (χ4n) is 4.49. The zero-order valence-electron chi connectivity index (χ0n) is 23.7. The number of ketones is 1. The SMILES string of the molecule is CC(C)CC(=O)C=C(O)CC(C)C.Cc1ccc(-c2cnc3c(c2)-c2ccccc2Oc2ccc[c-]c2-3)cc1.[Ir]. The van der Waals surface area contributed by atoms with Crippen LogP contribution in [0.15, 0.2) is 90.8 Å². The first kappa shape index (κ1) is 31.0. The Balaban J connectivity index is 0.000000272. The Bertz CT molecular complexity index is 1470. The number of carbonyl (C=O) groups excluding carboxylic acids is 1. The normalized spacial score (nSPS) is 11.6. The Morgan fingerprint density at radius 1 is 0.900 bits per heavy atom. The third-order valence-electron chi connectivity index (χ3n) is 6.28. The molecule has 0 saturated carbocycles. The van der Waals surface area contributed by atoms with Crippen molar-refractivity contribution in [1.29, 1.82) is 0 Å². The van der Waals surface area contributed by atoms with Gasteiger partial charge in [-0.3, -0.25) is 4.79 Å². The van der Waals surface area contributed by atoms with Crippen LogP contribution in [0.1, 0.15) is 46.1 Å². The zero-order valence-corrected chi connectivity index (χ0v) is 26.1. The predicted molar refractivity (Wildman–Crippen MR) is 159 cm³/mol. The Morgan fingerprint density at radius 2 is 1.57 bits per heavy atom. The van der Waals surface area contributed by atoms with Crippen LogP contribution in [0.5, 0.6) is 11.5 Å². The van der Waals surface area contributed by atoms with Crippen LogP contribution in [-0.4, -0.2) is 15.9 Å². The summed E-state index contributed by atoms with van der Waals surface area (Å²) in [4.78, 5) is 16.0. The van der Waals surface area contributed by atoms with Crippen molar-refractivity contribution in [2.45, 2.75) is 47.5 Å². The van der Waals surface area contributed by atoms with Gasteiger partial charge in [0.15, 0.2) is 5.78 Å². The number of aryl methyl sites for hydroxylation is 1. The van der Waals surface area contributed by atoms with E-state index in [4.69, 9.17) is 9.72 Å². The number of rotatable bonds is 6. The van der Waals surface area contributed by atoms with Crippen LogP contribution < -0.4 is 4.74 Å². The van der Waals surface area contributed by atoms with E-state index in [1.54, 1.807) is 0 Å². The first-order valence-electron chi connectivity index (χ1n) is 13.5. The number of carbonyl (C=O) groups is 1. The summed E-state index contributed by atoms with van der Waals surface area (Å²) in [5.74, 6) is 2.61. The number of nitrogens with zero attached hydrogens (tertiary/aromatic N) is 1. The molecule has 1 radical (unpaired) electrons. The summed E-state index contributed by atoms with van der Waals surface area (Å²) in [7, 11) is 0. The van der Waals surface area contributed by atoms with Crippen LogP contribution in [0.2, 0.25) is 0 Å². The van der Waals surface area contributed by atoms with Crippen LogP contribution in [0.3, 0.4) is 0 Å². The molecule has 0 spiro atoms. The summed E-state index contributed by atoms with van der Waals surface area (Å²) in [6.07, 6.45) is 4.40. The molecule has 0 saturated heterocycles. The van der Waals surface area contributed by atoms with Gasteiger partial charge >= 0.3 is 0 Å². The summed E-state index contributed by atoms with van der Waals surface area (Å²) in [6.45, 7) is 10.1. The van der Waals surface area contributed by atoms with E-state index in [0.717, 1.165) is 45.0 Å². The number of allylic oxidation sites excluding steroid dienone is 2. The monoisotopic (exact) mass is 711 g/mol. The Hall–Kier alpha value is -3.53. The second-order valence-electron chi connectivity index (χ2n) is 10.8. The number of hydrogen-bond donors (Lipinski definition) is 1. The molecular weight excluding hydrogens is 675 g/mol. The van der Waals surface area contributed by atoms with Gasteiger partial charge in [0.05, 0.1) is 5.76 Å². The van der Waals surface area contributed by atoms with Crippen molar-refractivity contribution in [3.05, 3.63) is 102 Å². The first-order valence-corrected chi connectivity index (χ1v) is 13.5. The van der Waals surface area contributed by atoms with E-state index in [9.17, 15) is 9.90 Å². The van der Waals surface area contributed by atoms with E-state index < -0.39 is 0 Å². The van der Waals surface area contributed by atoms with E-state index in [2.05, 4.69) is 49.4 Å². The molecule has 209 valence electrons. The molecular formula is C35H36IrNO3-. The fourth-order valence-corrected chi connectivity index (χ4v) is 4.49. The van der Waals surface area contributed by atoms with Crippen molar-refractivity contribution in [3.8, 4) is 45.0 Å². The van der Waals surface area contributed by atoms with Gasteiger partial charge in [0.2, 0.25) is 0 Å². The van der Waals surface area contributed by atoms with Gasteiger partial charge in [0.25, 0.3) is 0 Å². The Labute approximate surface area is 251 Å². The Morgan fingerprint density at radius 3 is 2.27 bits per heavy atom. The van der Waals surface area contributed by atoms with Crippen molar-refractivity contribution < 1.29 is 34.7 Å². The minimum absolute atomic E-state index is 0. The van der Waals surface area contributed by atoms with Crippen LogP contribution in [-0.2, 0) is 24.9 Å². The second-order valence-corrected chi connectivity index (χ2v) is 10.8. The quantitative estimate of drug-likeness (QED) is 0.108. The molecule has 1 N–H and O–H groups in total. The third-order valence-corrected chi connectivity index (χ3v) is 6.28. The van der Waals surface area contributed by atoms with Gasteiger partial charge in [0, 0.05) is 56.5 Å². The molecule has 1 aromatic heterocycles. The van der Waals surface area contributed by atoms with Crippen LogP contribution >= 0.6 is 0 Å². The number of benzene rings is 3. The summed E-state index contributed by atoms with van der Waals surface area (Å²) in [5.41, 5.74) is 7.42. The average molecular weight is 711 g/mol. The number of aliphatic hydroxyl groups excluding tert-OH is 1. The van der Waals surface area contributed by atoms with Gasteiger partial charge in [-0.15, -0.1) is 24.3 Å². The van der Waals surface area contributed by atoms with Gasteiger partial charge in [-0.25, -0.2) is 0 Å². The smallest absolute Gasteiger partial charge is 0.159 e. The topological polar surface area (TPSA) is 59.4 Å². The van der Waals surface area contributed by atoms with E-state index in [-0.39, 0.29) is 31.6 Å². The van der Waals surface area contributed by atoms with E-state index in [1.165, 1.54) is 11.6 Å². The number of para-hydroxylation sites is 1. The zero-order chi connectivity index (χ0) is 27.9. The number of pyridine rings is 1. The summed E-state index contributed by atoms with van der Waals surface area (Å²) in [6, 6.07) is 27.9. The minimum atomic E-state index is 0. The van der Waals surface area contributed by atoms with Crippen molar-refractivity contribution in [2.75, 3.05) is 0 Å². The molecule has 4 aromatic rings. The largest absolute Gasteiger partial charge is 0.512 e. The molecule has 2 heterocycles. The molecule has 0 unspecified atom stereocenters. The second kappa shape index (κ2) is 14.2. The van der Waals surface area contributed by atoms with Gasteiger partial charge in [0.1, 0.15) is 5.75 Å². The standard InChI is InChI=1S/C24H16NO.C11H20O2.Ir/c1-16-10-12-17(13-11-16)18-14-21-19-6-2-4-8-22(19)26-23-9-5-3-7-20(23)24(21)25-15-18;1-8(2)5-10(12)7-11(13)6-9(3)4;/h2-6,8-15H,1H3;7-9,12H,5-6H2,1-4H3;/q-1;;. The molecule has 1 aliphatic rings.